The minimum atomic E-state index is 0.518. The van der Waals surface area contributed by atoms with Gasteiger partial charge in [0.25, 0.3) is 0 Å². The Labute approximate surface area is 307 Å². The first-order valence-electron chi connectivity index (χ1n) is 17.0. The summed E-state index contributed by atoms with van der Waals surface area (Å²) in [5.41, 5.74) is 7.57. The minimum absolute atomic E-state index is 0.518. The van der Waals surface area contributed by atoms with Crippen molar-refractivity contribution in [2.24, 2.45) is 0 Å². The number of fused-ring (bicyclic) bond motifs is 6. The van der Waals surface area contributed by atoms with Crippen LogP contribution in [0.15, 0.2) is 158 Å². The van der Waals surface area contributed by atoms with E-state index < -0.39 is 0 Å². The van der Waals surface area contributed by atoms with Crippen LogP contribution in [0.25, 0.3) is 96.8 Å². The van der Waals surface area contributed by atoms with E-state index in [0.29, 0.717) is 23.0 Å². The van der Waals surface area contributed by atoms with Crippen LogP contribution in [0.3, 0.4) is 0 Å². The highest BCUT2D eigenvalue weighted by Crippen LogP contribution is 2.45. The van der Waals surface area contributed by atoms with Crippen LogP contribution >= 0.6 is 22.7 Å². The van der Waals surface area contributed by atoms with Crippen LogP contribution in [0.1, 0.15) is 5.56 Å². The second kappa shape index (κ2) is 12.4. The highest BCUT2D eigenvalue weighted by molar-refractivity contribution is 7.26. The molecule has 0 unspecified atom stereocenters. The van der Waals surface area contributed by atoms with Gasteiger partial charge in [0.05, 0.1) is 11.6 Å². The number of aromatic nitrogens is 3. The van der Waals surface area contributed by atoms with Gasteiger partial charge < -0.3 is 0 Å². The van der Waals surface area contributed by atoms with Gasteiger partial charge in [-0.15, -0.1) is 22.7 Å². The zero-order valence-electron chi connectivity index (χ0n) is 27.6. The van der Waals surface area contributed by atoms with Gasteiger partial charge in [-0.25, -0.2) is 15.0 Å². The third-order valence-corrected chi connectivity index (χ3v) is 12.0. The van der Waals surface area contributed by atoms with Crippen molar-refractivity contribution in [2.75, 3.05) is 0 Å². The summed E-state index contributed by atoms with van der Waals surface area (Å²) in [7, 11) is 0. The largest absolute Gasteiger partial charge is 0.208 e. The summed E-state index contributed by atoms with van der Waals surface area (Å²) in [4.78, 5) is 15.4. The fourth-order valence-electron chi connectivity index (χ4n) is 7.14. The summed E-state index contributed by atoms with van der Waals surface area (Å²) < 4.78 is 5.01. The van der Waals surface area contributed by atoms with E-state index in [9.17, 15) is 5.26 Å². The van der Waals surface area contributed by atoms with Crippen molar-refractivity contribution in [1.82, 2.24) is 15.0 Å². The molecule has 0 aliphatic carbocycles. The molecule has 0 bridgehead atoms. The first-order chi connectivity index (χ1) is 25.7. The standard InChI is InChI=1S/C46H26N4S2/c47-27-28-11-8-14-31(25-28)45-48-44(29-12-2-1-3-13-29)49-46(50-45)39-26-30(32-17-9-19-37-34-15-4-6-21-40(34)51-42(32)37)23-24-33(39)36-18-10-20-38-35-16-5-7-22-41(35)52-43(36)38/h1-26H. The van der Waals surface area contributed by atoms with E-state index in [-0.39, 0.29) is 0 Å². The molecule has 3 aromatic heterocycles. The zero-order valence-corrected chi connectivity index (χ0v) is 29.2. The average molecular weight is 699 g/mol. The highest BCUT2D eigenvalue weighted by atomic mass is 32.1. The molecule has 7 aromatic carbocycles. The molecule has 6 heteroatoms. The van der Waals surface area contributed by atoms with E-state index in [1.165, 1.54) is 45.9 Å². The summed E-state index contributed by atoms with van der Waals surface area (Å²) in [6.07, 6.45) is 0. The van der Waals surface area contributed by atoms with E-state index in [2.05, 4.69) is 109 Å². The molecule has 4 nitrogen and oxygen atoms in total. The third kappa shape index (κ3) is 5.06. The lowest BCUT2D eigenvalue weighted by Crippen LogP contribution is -2.01. The van der Waals surface area contributed by atoms with Crippen LogP contribution in [0.4, 0.5) is 0 Å². The van der Waals surface area contributed by atoms with E-state index >= 15 is 0 Å². The lowest BCUT2D eigenvalue weighted by atomic mass is 9.93. The molecule has 0 spiro atoms. The van der Waals surface area contributed by atoms with Crippen LogP contribution in [-0.2, 0) is 0 Å². The Morgan fingerprint density at radius 1 is 0.385 bits per heavy atom. The van der Waals surface area contributed by atoms with Gasteiger partial charge in [-0.3, -0.25) is 0 Å². The monoisotopic (exact) mass is 698 g/mol. The Kier molecular flexibility index (Phi) is 7.21. The van der Waals surface area contributed by atoms with Crippen LogP contribution in [0.5, 0.6) is 0 Å². The van der Waals surface area contributed by atoms with Crippen molar-refractivity contribution in [1.29, 1.82) is 5.26 Å². The van der Waals surface area contributed by atoms with Crippen LogP contribution < -0.4 is 0 Å². The van der Waals surface area contributed by atoms with E-state index in [1.807, 2.05) is 71.2 Å². The van der Waals surface area contributed by atoms with E-state index in [4.69, 9.17) is 15.0 Å². The topological polar surface area (TPSA) is 62.5 Å². The van der Waals surface area contributed by atoms with Crippen LogP contribution in [-0.4, -0.2) is 15.0 Å². The van der Waals surface area contributed by atoms with Crippen molar-refractivity contribution < 1.29 is 0 Å². The third-order valence-electron chi connectivity index (χ3n) is 9.59. The zero-order chi connectivity index (χ0) is 34.6. The number of rotatable bonds is 5. The van der Waals surface area contributed by atoms with E-state index in [0.717, 1.165) is 33.4 Å². The Balaban J connectivity index is 1.27. The Morgan fingerprint density at radius 2 is 0.942 bits per heavy atom. The van der Waals surface area contributed by atoms with Gasteiger partial charge in [0, 0.05) is 62.6 Å². The number of nitrogens with zero attached hydrogens (tertiary/aromatic N) is 4. The highest BCUT2D eigenvalue weighted by Gasteiger charge is 2.20. The molecule has 10 rings (SSSR count). The van der Waals surface area contributed by atoms with Crippen molar-refractivity contribution >= 4 is 63.0 Å². The van der Waals surface area contributed by atoms with Gasteiger partial charge in [0.2, 0.25) is 0 Å². The maximum atomic E-state index is 9.73. The number of nitriles is 1. The second-order valence-electron chi connectivity index (χ2n) is 12.7. The quantitative estimate of drug-likeness (QED) is 0.179. The Bertz CT molecular complexity index is 3040. The van der Waals surface area contributed by atoms with Gasteiger partial charge >= 0.3 is 0 Å². The summed E-state index contributed by atoms with van der Waals surface area (Å²) >= 11 is 3.64. The summed E-state index contributed by atoms with van der Waals surface area (Å²) in [5, 5.41) is 14.7. The molecule has 0 fully saturated rings. The summed E-state index contributed by atoms with van der Waals surface area (Å²) in [5.74, 6) is 1.67. The lowest BCUT2D eigenvalue weighted by Gasteiger charge is -2.15. The van der Waals surface area contributed by atoms with Crippen molar-refractivity contribution in [2.45, 2.75) is 0 Å². The van der Waals surface area contributed by atoms with Gasteiger partial charge in [-0.05, 0) is 47.0 Å². The maximum Gasteiger partial charge on any atom is 0.164 e. The molecule has 52 heavy (non-hydrogen) atoms. The molecule has 0 amide bonds. The molecule has 0 saturated carbocycles. The van der Waals surface area contributed by atoms with Gasteiger partial charge in [-0.1, -0.05) is 127 Å². The SMILES string of the molecule is N#Cc1cccc(-c2nc(-c3ccccc3)nc(-c3cc(-c4cccc5c4sc4ccccc45)ccc3-c3cccc4c3sc3ccccc34)n2)c1. The van der Waals surface area contributed by atoms with Crippen molar-refractivity contribution in [3.8, 4) is 62.5 Å². The molecule has 0 aliphatic heterocycles. The molecule has 242 valence electrons. The fourth-order valence-corrected chi connectivity index (χ4v) is 9.60. The lowest BCUT2D eigenvalue weighted by molar-refractivity contribution is 1.07. The molecule has 0 radical (unpaired) electrons. The molecular weight excluding hydrogens is 673 g/mol. The van der Waals surface area contributed by atoms with Crippen LogP contribution in [0, 0.1) is 11.3 Å². The fraction of sp³-hybridized carbons (Fsp3) is 0. The summed E-state index contributed by atoms with van der Waals surface area (Å²) in [6.45, 7) is 0. The predicted octanol–water partition coefficient (Wildman–Crippen LogP) is 12.8. The van der Waals surface area contributed by atoms with Crippen molar-refractivity contribution in [3.05, 3.63) is 163 Å². The number of benzene rings is 7. The van der Waals surface area contributed by atoms with Crippen LogP contribution in [0.2, 0.25) is 0 Å². The minimum Gasteiger partial charge on any atom is -0.208 e. The van der Waals surface area contributed by atoms with Gasteiger partial charge in [0.1, 0.15) is 0 Å². The molecule has 0 aliphatic rings. The molecule has 0 saturated heterocycles. The molecule has 3 heterocycles. The maximum absolute atomic E-state index is 9.73. The molecular formula is C46H26N4S2. The number of hydrogen-bond acceptors (Lipinski definition) is 6. The smallest absolute Gasteiger partial charge is 0.164 e. The first kappa shape index (κ1) is 30.3. The number of hydrogen-bond donors (Lipinski definition) is 0. The summed E-state index contributed by atoms with van der Waals surface area (Å²) in [6, 6.07) is 56.8. The Hall–Kier alpha value is -6.52. The predicted molar refractivity (Wildman–Crippen MR) is 217 cm³/mol. The normalized spacial score (nSPS) is 11.4. The number of thiophene rings is 2. The van der Waals surface area contributed by atoms with Gasteiger partial charge in [-0.2, -0.15) is 5.26 Å². The molecule has 0 N–H and O–H groups in total. The van der Waals surface area contributed by atoms with Crippen molar-refractivity contribution in [3.63, 3.8) is 0 Å². The average Bonchev–Trinajstić information content (AvgIpc) is 3.80. The second-order valence-corrected chi connectivity index (χ2v) is 14.8. The first-order valence-corrected chi connectivity index (χ1v) is 18.6. The Morgan fingerprint density at radius 3 is 1.65 bits per heavy atom. The van der Waals surface area contributed by atoms with E-state index in [1.54, 1.807) is 6.07 Å². The van der Waals surface area contributed by atoms with Gasteiger partial charge in [0.15, 0.2) is 17.5 Å². The molecule has 10 aromatic rings. The molecule has 0 atom stereocenters.